The zero-order valence-electron chi connectivity index (χ0n) is 14.3. The first kappa shape index (κ1) is 17.6. The molecule has 0 aliphatic carbocycles. The normalized spacial score (nSPS) is 13.2. The third kappa shape index (κ3) is 3.31. The van der Waals surface area contributed by atoms with Crippen molar-refractivity contribution in [2.24, 2.45) is 0 Å². The fourth-order valence-corrected chi connectivity index (χ4v) is 3.63. The largest absolute Gasteiger partial charge is 0.488 e. The van der Waals surface area contributed by atoms with Gasteiger partial charge in [-0.25, -0.2) is 0 Å². The van der Waals surface area contributed by atoms with Gasteiger partial charge in [0.15, 0.2) is 0 Å². The van der Waals surface area contributed by atoms with Crippen LogP contribution in [0.15, 0.2) is 42.5 Å². The van der Waals surface area contributed by atoms with Crippen molar-refractivity contribution in [3.8, 4) is 5.75 Å². The summed E-state index contributed by atoms with van der Waals surface area (Å²) in [6, 6.07) is 12.0. The summed E-state index contributed by atoms with van der Waals surface area (Å²) in [5.41, 5.74) is 2.31. The maximum absolute atomic E-state index is 12.6. The van der Waals surface area contributed by atoms with Gasteiger partial charge in [0.25, 0.3) is 11.8 Å². The van der Waals surface area contributed by atoms with Gasteiger partial charge < -0.3 is 4.74 Å². The number of rotatable bonds is 5. The van der Waals surface area contributed by atoms with Gasteiger partial charge in [-0.05, 0) is 48.8 Å². The minimum absolute atomic E-state index is 0.0855. The molecule has 0 N–H and O–H groups in total. The molecule has 0 radical (unpaired) electrons. The summed E-state index contributed by atoms with van der Waals surface area (Å²) >= 11 is 7.40. The second-order valence-corrected chi connectivity index (χ2v) is 7.34. The van der Waals surface area contributed by atoms with Gasteiger partial charge in [-0.3, -0.25) is 14.5 Å². The van der Waals surface area contributed by atoms with E-state index in [-0.39, 0.29) is 18.4 Å². The van der Waals surface area contributed by atoms with Gasteiger partial charge in [0, 0.05) is 10.6 Å². The number of nitrogens with zero attached hydrogens (tertiary/aromatic N) is 3. The first-order valence-electron chi connectivity index (χ1n) is 8.19. The average molecular weight is 400 g/mol. The molecule has 2 amide bonds. The molecule has 0 unspecified atom stereocenters. The molecule has 2 aromatic carbocycles. The molecule has 27 heavy (non-hydrogen) atoms. The molecule has 0 saturated heterocycles. The number of aryl methyl sites for hydroxylation is 1. The van der Waals surface area contributed by atoms with Crippen LogP contribution >= 0.6 is 23.1 Å². The van der Waals surface area contributed by atoms with Crippen LogP contribution < -0.4 is 4.74 Å². The number of aromatic nitrogens is 2. The molecule has 1 aromatic heterocycles. The van der Waals surface area contributed by atoms with Crippen molar-refractivity contribution >= 4 is 34.9 Å². The molecular weight excluding hydrogens is 386 g/mol. The van der Waals surface area contributed by atoms with Crippen molar-refractivity contribution in [3.63, 3.8) is 0 Å². The number of amides is 2. The predicted octanol–water partition coefficient (Wildman–Crippen LogP) is 3.88. The van der Waals surface area contributed by atoms with Crippen LogP contribution in [0.3, 0.4) is 0 Å². The van der Waals surface area contributed by atoms with E-state index in [4.69, 9.17) is 16.3 Å². The standard InChI is InChI=1S/C19H14ClN3O3S/c1-11-17(27-22-21-11)10-26-16-7-6-13(20)8-12(16)9-23-18(24)14-4-2-3-5-15(14)19(23)25/h2-8H,9-10H2,1H3. The topological polar surface area (TPSA) is 72.4 Å². The first-order chi connectivity index (χ1) is 13.0. The lowest BCUT2D eigenvalue weighted by atomic mass is 10.1. The zero-order chi connectivity index (χ0) is 19.0. The molecule has 0 spiro atoms. The SMILES string of the molecule is Cc1nnsc1COc1ccc(Cl)cc1CN1C(=O)c2ccccc2C1=O. The lowest BCUT2D eigenvalue weighted by molar-refractivity contribution is 0.0641. The Morgan fingerprint density at radius 1 is 1.11 bits per heavy atom. The molecule has 0 saturated carbocycles. The second kappa shape index (κ2) is 7.09. The highest BCUT2D eigenvalue weighted by molar-refractivity contribution is 7.05. The average Bonchev–Trinajstić information content (AvgIpc) is 3.18. The Labute approximate surface area is 164 Å². The summed E-state index contributed by atoms with van der Waals surface area (Å²) in [6.07, 6.45) is 0. The Bertz CT molecular complexity index is 1020. The quantitative estimate of drug-likeness (QED) is 0.609. The molecule has 136 valence electrons. The van der Waals surface area contributed by atoms with Crippen molar-refractivity contribution in [3.05, 3.63) is 74.7 Å². The lowest BCUT2D eigenvalue weighted by Gasteiger charge is -2.17. The van der Waals surface area contributed by atoms with E-state index < -0.39 is 0 Å². The van der Waals surface area contributed by atoms with Crippen LogP contribution in [0.5, 0.6) is 5.75 Å². The number of benzene rings is 2. The zero-order valence-corrected chi connectivity index (χ0v) is 15.9. The smallest absolute Gasteiger partial charge is 0.261 e. The number of fused-ring (bicyclic) bond motifs is 1. The fraction of sp³-hybridized carbons (Fsp3) is 0.158. The lowest BCUT2D eigenvalue weighted by Crippen LogP contribution is -2.29. The van der Waals surface area contributed by atoms with Gasteiger partial charge in [0.2, 0.25) is 0 Å². The predicted molar refractivity (Wildman–Crippen MR) is 101 cm³/mol. The summed E-state index contributed by atoms with van der Waals surface area (Å²) in [5, 5.41) is 4.47. The van der Waals surface area contributed by atoms with E-state index in [9.17, 15) is 9.59 Å². The van der Waals surface area contributed by atoms with Crippen molar-refractivity contribution < 1.29 is 14.3 Å². The molecule has 0 bridgehead atoms. The number of halogens is 1. The molecule has 2 heterocycles. The van der Waals surface area contributed by atoms with Crippen LogP contribution in [0.4, 0.5) is 0 Å². The van der Waals surface area contributed by atoms with Crippen LogP contribution in [0.2, 0.25) is 5.02 Å². The molecule has 8 heteroatoms. The summed E-state index contributed by atoms with van der Waals surface area (Å²) in [4.78, 5) is 27.4. The molecular formula is C19H14ClN3O3S. The van der Waals surface area contributed by atoms with E-state index in [1.165, 1.54) is 16.4 Å². The van der Waals surface area contributed by atoms with Gasteiger partial charge >= 0.3 is 0 Å². The van der Waals surface area contributed by atoms with Gasteiger partial charge in [0.05, 0.1) is 28.2 Å². The molecule has 0 atom stereocenters. The molecule has 3 aromatic rings. The highest BCUT2D eigenvalue weighted by Gasteiger charge is 2.35. The maximum atomic E-state index is 12.6. The summed E-state index contributed by atoms with van der Waals surface area (Å²) < 4.78 is 9.79. The maximum Gasteiger partial charge on any atom is 0.261 e. The minimum Gasteiger partial charge on any atom is -0.488 e. The van der Waals surface area contributed by atoms with E-state index in [1.807, 2.05) is 6.92 Å². The van der Waals surface area contributed by atoms with Crippen LogP contribution in [0.1, 0.15) is 36.9 Å². The van der Waals surface area contributed by atoms with Gasteiger partial charge in [-0.15, -0.1) is 5.10 Å². The molecule has 4 rings (SSSR count). The van der Waals surface area contributed by atoms with Crippen LogP contribution in [-0.4, -0.2) is 26.3 Å². The third-order valence-electron chi connectivity index (χ3n) is 4.33. The second-order valence-electron chi connectivity index (χ2n) is 6.06. The monoisotopic (exact) mass is 399 g/mol. The number of imide groups is 1. The Kier molecular flexibility index (Phi) is 4.63. The van der Waals surface area contributed by atoms with E-state index in [1.54, 1.807) is 42.5 Å². The molecule has 1 aliphatic rings. The van der Waals surface area contributed by atoms with Gasteiger partial charge in [-0.2, -0.15) is 0 Å². The Hall–Kier alpha value is -2.77. The summed E-state index contributed by atoms with van der Waals surface area (Å²) in [5.74, 6) is -0.0724. The number of carbonyl (C=O) groups excluding carboxylic acids is 2. The van der Waals surface area contributed by atoms with E-state index in [2.05, 4.69) is 9.59 Å². The van der Waals surface area contributed by atoms with Gasteiger partial charge in [-0.1, -0.05) is 28.2 Å². The highest BCUT2D eigenvalue weighted by atomic mass is 35.5. The Balaban J connectivity index is 1.59. The summed E-state index contributed by atoms with van der Waals surface area (Å²) in [6.45, 7) is 2.26. The molecule has 1 aliphatic heterocycles. The highest BCUT2D eigenvalue weighted by Crippen LogP contribution is 2.30. The van der Waals surface area contributed by atoms with Crippen molar-refractivity contribution in [2.75, 3.05) is 0 Å². The van der Waals surface area contributed by atoms with Crippen LogP contribution in [0, 0.1) is 6.92 Å². The Morgan fingerprint density at radius 3 is 2.44 bits per heavy atom. The number of hydrogen-bond donors (Lipinski definition) is 0. The molecule has 0 fully saturated rings. The van der Waals surface area contributed by atoms with E-state index >= 15 is 0 Å². The van der Waals surface area contributed by atoms with Crippen molar-refractivity contribution in [2.45, 2.75) is 20.1 Å². The number of carbonyl (C=O) groups is 2. The Morgan fingerprint density at radius 2 is 1.81 bits per heavy atom. The van der Waals surface area contributed by atoms with Crippen LogP contribution in [0.25, 0.3) is 0 Å². The molecule has 6 nitrogen and oxygen atoms in total. The van der Waals surface area contributed by atoms with Crippen molar-refractivity contribution in [1.82, 2.24) is 14.5 Å². The van der Waals surface area contributed by atoms with Crippen molar-refractivity contribution in [1.29, 1.82) is 0 Å². The van der Waals surface area contributed by atoms with E-state index in [0.717, 1.165) is 10.6 Å². The fourth-order valence-electron chi connectivity index (χ4n) is 2.89. The number of hydrogen-bond acceptors (Lipinski definition) is 6. The first-order valence-corrected chi connectivity index (χ1v) is 9.34. The summed E-state index contributed by atoms with van der Waals surface area (Å²) in [7, 11) is 0. The van der Waals surface area contributed by atoms with Crippen LogP contribution in [-0.2, 0) is 13.2 Å². The number of ether oxygens (including phenoxy) is 1. The van der Waals surface area contributed by atoms with Gasteiger partial charge in [0.1, 0.15) is 12.4 Å². The third-order valence-corrected chi connectivity index (χ3v) is 5.37. The van der Waals surface area contributed by atoms with E-state index in [0.29, 0.717) is 34.1 Å². The minimum atomic E-state index is -0.316.